The van der Waals surface area contributed by atoms with Crippen LogP contribution in [-0.4, -0.2) is 24.4 Å². The van der Waals surface area contributed by atoms with E-state index in [9.17, 15) is 0 Å². The van der Waals surface area contributed by atoms with Gasteiger partial charge in [0.2, 0.25) is 5.69 Å². The third-order valence-corrected chi connectivity index (χ3v) is 10.0. The molecule has 43 heavy (non-hydrogen) atoms. The first-order valence-corrected chi connectivity index (χ1v) is 15.6. The summed E-state index contributed by atoms with van der Waals surface area (Å²) in [6.07, 6.45) is 10.4. The van der Waals surface area contributed by atoms with E-state index in [1.54, 1.807) is 5.57 Å². The van der Waals surface area contributed by atoms with E-state index in [0.717, 1.165) is 32.2 Å². The number of hydrogen-bond donors (Lipinski definition) is 1. The monoisotopic (exact) mass is 683 g/mol. The number of nitrogens with zero attached hydrogens (tertiary/aromatic N) is 2. The average Bonchev–Trinajstić information content (AvgIpc) is 3.32. The molecular formula is C39H46IN3. The molecule has 0 aromatic heterocycles. The molecule has 0 bridgehead atoms. The SMILES string of the molecule is CN1C(=CC=C2CCCC(CCC3=[N+](C)c4ccccc4C3(C)C)=C2NCc2ccccc2)C(C)(C)c2ccccc21.[I-]. The van der Waals surface area contributed by atoms with Gasteiger partial charge in [-0.1, -0.05) is 86.7 Å². The van der Waals surface area contributed by atoms with Gasteiger partial charge in [0.1, 0.15) is 7.05 Å². The molecule has 4 heteroatoms. The third kappa shape index (κ3) is 5.75. The summed E-state index contributed by atoms with van der Waals surface area (Å²) in [6.45, 7) is 10.3. The number of hydrogen-bond acceptors (Lipinski definition) is 2. The van der Waals surface area contributed by atoms with Crippen LogP contribution in [0, 0.1) is 0 Å². The van der Waals surface area contributed by atoms with E-state index >= 15 is 0 Å². The zero-order valence-corrected chi connectivity index (χ0v) is 28.8. The summed E-state index contributed by atoms with van der Waals surface area (Å²) >= 11 is 0. The highest BCUT2D eigenvalue weighted by atomic mass is 127. The minimum atomic E-state index is -0.0223. The molecule has 3 aliphatic rings. The van der Waals surface area contributed by atoms with Gasteiger partial charge in [0.25, 0.3) is 0 Å². The number of anilines is 1. The number of benzene rings is 3. The molecule has 224 valence electrons. The molecule has 0 fully saturated rings. The van der Waals surface area contributed by atoms with Gasteiger partial charge in [-0.15, -0.1) is 0 Å². The molecular weight excluding hydrogens is 637 g/mol. The molecule has 0 spiro atoms. The molecule has 0 radical (unpaired) electrons. The Morgan fingerprint density at radius 1 is 0.791 bits per heavy atom. The molecule has 3 aromatic carbocycles. The van der Waals surface area contributed by atoms with E-state index in [0.29, 0.717) is 0 Å². The number of allylic oxidation sites excluding steroid dienone is 5. The highest BCUT2D eigenvalue weighted by Gasteiger charge is 2.43. The number of fused-ring (bicyclic) bond motifs is 2. The minimum absolute atomic E-state index is 0. The molecule has 0 unspecified atom stereocenters. The normalized spacial score (nSPS) is 20.4. The highest BCUT2D eigenvalue weighted by Crippen LogP contribution is 2.47. The van der Waals surface area contributed by atoms with Crippen molar-refractivity contribution in [1.82, 2.24) is 5.32 Å². The van der Waals surface area contributed by atoms with Gasteiger partial charge in [-0.3, -0.25) is 0 Å². The van der Waals surface area contributed by atoms with Crippen LogP contribution in [-0.2, 0) is 17.4 Å². The van der Waals surface area contributed by atoms with Crippen molar-refractivity contribution in [3.05, 3.63) is 130 Å². The standard InChI is InChI=1S/C39H46N3.HI/c1-38(2)31-19-10-12-21-33(31)41(5)35(38)25-23-29-17-14-18-30(37(29)40-27-28-15-8-7-9-16-28)24-26-36-39(3,4)32-20-11-13-22-34(32)42(36)6;/h7-13,15-16,19-23,25,40H,14,17-18,24,26-27H2,1-6H3;1H/q+1;/p-1. The topological polar surface area (TPSA) is 18.3 Å². The molecule has 1 aliphatic carbocycles. The second kappa shape index (κ2) is 12.5. The number of halogens is 1. The van der Waals surface area contributed by atoms with Crippen LogP contribution in [0.5, 0.6) is 0 Å². The van der Waals surface area contributed by atoms with Crippen LogP contribution in [0.25, 0.3) is 0 Å². The summed E-state index contributed by atoms with van der Waals surface area (Å²) in [5.74, 6) is 0. The first-order chi connectivity index (χ1) is 20.2. The van der Waals surface area contributed by atoms with Crippen LogP contribution >= 0.6 is 0 Å². The van der Waals surface area contributed by atoms with Crippen LogP contribution in [0.15, 0.2) is 114 Å². The van der Waals surface area contributed by atoms with E-state index in [1.807, 2.05) is 0 Å². The fraction of sp³-hybridized carbons (Fsp3) is 0.359. The molecule has 2 heterocycles. The van der Waals surface area contributed by atoms with Gasteiger partial charge in [0, 0.05) is 54.1 Å². The zero-order chi connectivity index (χ0) is 29.5. The van der Waals surface area contributed by atoms with Crippen molar-refractivity contribution in [2.75, 3.05) is 19.0 Å². The molecule has 6 rings (SSSR count). The predicted molar refractivity (Wildman–Crippen MR) is 178 cm³/mol. The lowest BCUT2D eigenvalue weighted by Crippen LogP contribution is -3.00. The number of likely N-dealkylation sites (N-methyl/N-ethyl adjacent to an activating group) is 1. The Labute approximate surface area is 276 Å². The van der Waals surface area contributed by atoms with Crippen molar-refractivity contribution >= 4 is 17.1 Å². The molecule has 0 amide bonds. The molecule has 0 atom stereocenters. The lowest BCUT2D eigenvalue weighted by molar-refractivity contribution is -0.404. The van der Waals surface area contributed by atoms with Crippen molar-refractivity contribution in [2.45, 2.75) is 77.2 Å². The van der Waals surface area contributed by atoms with Crippen molar-refractivity contribution in [1.29, 1.82) is 0 Å². The second-order valence-corrected chi connectivity index (χ2v) is 13.3. The summed E-state index contributed by atoms with van der Waals surface area (Å²) < 4.78 is 2.45. The Morgan fingerprint density at radius 2 is 1.47 bits per heavy atom. The molecule has 2 aliphatic heterocycles. The molecule has 3 aromatic rings. The number of para-hydroxylation sites is 2. The van der Waals surface area contributed by atoms with Gasteiger partial charge in [0.05, 0.1) is 5.41 Å². The van der Waals surface area contributed by atoms with Gasteiger partial charge in [-0.2, -0.15) is 0 Å². The third-order valence-electron chi connectivity index (χ3n) is 10.0. The van der Waals surface area contributed by atoms with Crippen molar-refractivity contribution in [3.8, 4) is 0 Å². The zero-order valence-electron chi connectivity index (χ0n) is 26.7. The summed E-state index contributed by atoms with van der Waals surface area (Å²) in [5, 5.41) is 3.93. The predicted octanol–water partition coefficient (Wildman–Crippen LogP) is 5.94. The van der Waals surface area contributed by atoms with Crippen molar-refractivity contribution in [3.63, 3.8) is 0 Å². The maximum absolute atomic E-state index is 3.93. The Morgan fingerprint density at radius 3 is 2.19 bits per heavy atom. The van der Waals surface area contributed by atoms with Gasteiger partial charge in [0.15, 0.2) is 5.71 Å². The second-order valence-electron chi connectivity index (χ2n) is 13.3. The van der Waals surface area contributed by atoms with Gasteiger partial charge in [-0.25, -0.2) is 4.58 Å². The van der Waals surface area contributed by atoms with Gasteiger partial charge < -0.3 is 34.2 Å². The van der Waals surface area contributed by atoms with E-state index in [1.165, 1.54) is 57.2 Å². The van der Waals surface area contributed by atoms with Crippen molar-refractivity contribution < 1.29 is 28.6 Å². The number of nitrogens with one attached hydrogen (secondary N) is 1. The molecule has 0 saturated heterocycles. The Hall–Kier alpha value is -3.12. The lowest BCUT2D eigenvalue weighted by Gasteiger charge is -2.27. The van der Waals surface area contributed by atoms with E-state index in [4.69, 9.17) is 0 Å². The van der Waals surface area contributed by atoms with Crippen LogP contribution in [0.1, 0.15) is 76.5 Å². The summed E-state index contributed by atoms with van der Waals surface area (Å²) in [6, 6.07) is 28.6. The van der Waals surface area contributed by atoms with E-state index in [2.05, 4.69) is 148 Å². The van der Waals surface area contributed by atoms with Crippen LogP contribution in [0.3, 0.4) is 0 Å². The largest absolute Gasteiger partial charge is 1.00 e. The smallest absolute Gasteiger partial charge is 0.209 e. The summed E-state index contributed by atoms with van der Waals surface area (Å²) in [4.78, 5) is 2.38. The first kappa shape index (κ1) is 31.3. The summed E-state index contributed by atoms with van der Waals surface area (Å²) in [7, 11) is 4.46. The number of rotatable bonds is 7. The fourth-order valence-electron chi connectivity index (χ4n) is 7.66. The fourth-order valence-corrected chi connectivity index (χ4v) is 7.66. The molecule has 3 nitrogen and oxygen atoms in total. The van der Waals surface area contributed by atoms with E-state index in [-0.39, 0.29) is 34.8 Å². The van der Waals surface area contributed by atoms with E-state index < -0.39 is 0 Å². The Kier molecular flexibility index (Phi) is 9.08. The first-order valence-electron chi connectivity index (χ1n) is 15.6. The Bertz CT molecular complexity index is 1620. The highest BCUT2D eigenvalue weighted by molar-refractivity contribution is 5.95. The van der Waals surface area contributed by atoms with Crippen molar-refractivity contribution in [2.24, 2.45) is 0 Å². The van der Waals surface area contributed by atoms with Gasteiger partial charge >= 0.3 is 0 Å². The minimum Gasteiger partial charge on any atom is -1.00 e. The lowest BCUT2D eigenvalue weighted by atomic mass is 9.78. The average molecular weight is 684 g/mol. The maximum Gasteiger partial charge on any atom is 0.209 e. The quantitative estimate of drug-likeness (QED) is 0.246. The maximum atomic E-state index is 3.93. The van der Waals surface area contributed by atoms with Crippen LogP contribution in [0.4, 0.5) is 11.4 Å². The summed E-state index contributed by atoms with van der Waals surface area (Å²) in [5.41, 5.74) is 14.1. The van der Waals surface area contributed by atoms with Gasteiger partial charge in [-0.05, 0) is 73.9 Å². The molecule has 0 saturated carbocycles. The van der Waals surface area contributed by atoms with Crippen LogP contribution in [0.2, 0.25) is 0 Å². The molecule has 1 N–H and O–H groups in total. The van der Waals surface area contributed by atoms with Crippen LogP contribution < -0.4 is 34.2 Å². The Balaban J connectivity index is 0.00000368.